The Morgan fingerprint density at radius 3 is 2.27 bits per heavy atom. The van der Waals surface area contributed by atoms with E-state index in [0.29, 0.717) is 5.84 Å². The topological polar surface area (TPSA) is 48.6 Å². The molecular weight excluding hydrogens is 253 g/mol. The molecule has 1 N–H and O–H groups in total. The van der Waals surface area contributed by atoms with E-state index in [2.05, 4.69) is 32.7 Å². The van der Waals surface area contributed by atoms with Crippen LogP contribution in [0.5, 0.6) is 0 Å². The zero-order chi connectivity index (χ0) is 8.91. The number of aliphatic imine (C=N–C) groups is 1. The van der Waals surface area contributed by atoms with Gasteiger partial charge in [-0.1, -0.05) is 43.4 Å². The molecule has 0 atom stereocenters. The first-order chi connectivity index (χ1) is 5.02. The summed E-state index contributed by atoms with van der Waals surface area (Å²) in [5, 5.41) is 3.34. The summed E-state index contributed by atoms with van der Waals surface area (Å²) in [5.74, 6) is 0.547. The van der Waals surface area contributed by atoms with Gasteiger partial charge >= 0.3 is 0 Å². The van der Waals surface area contributed by atoms with E-state index >= 15 is 0 Å². The number of nitrogens with one attached hydrogen (secondary N) is 1. The maximum absolute atomic E-state index is 6.85. The van der Waals surface area contributed by atoms with Crippen molar-refractivity contribution in [2.45, 2.75) is 20.8 Å². The largest absolute Gasteiger partial charge is 0.238 e. The number of nitrogens with zero attached hydrogens (tertiary/aromatic N) is 2. The zero-order valence-electron chi connectivity index (χ0n) is 6.93. The predicted octanol–water partition coefficient (Wildman–Crippen LogP) is 3.37. The Bertz CT molecular complexity index is 188. The van der Waals surface area contributed by atoms with E-state index < -0.39 is 0 Å². The Morgan fingerprint density at radius 2 is 2.00 bits per heavy atom. The first kappa shape index (κ1) is 10.7. The van der Waals surface area contributed by atoms with E-state index in [1.165, 1.54) is 0 Å². The second kappa shape index (κ2) is 4.58. The predicted molar refractivity (Wildman–Crippen MR) is 55.2 cm³/mol. The van der Waals surface area contributed by atoms with Crippen LogP contribution in [0.3, 0.4) is 0 Å². The molecule has 4 heteroatoms. The molecular formula is C7H12IN3. The molecule has 0 aliphatic carbocycles. The van der Waals surface area contributed by atoms with Crippen LogP contribution in [0.15, 0.2) is 20.4 Å². The molecule has 0 bridgehead atoms. The summed E-state index contributed by atoms with van der Waals surface area (Å²) in [4.78, 5) is 4.01. The minimum Gasteiger partial charge on any atom is -0.238 e. The van der Waals surface area contributed by atoms with Crippen molar-refractivity contribution in [1.29, 1.82) is 5.53 Å². The average molecular weight is 265 g/mol. The molecule has 0 rings (SSSR count). The van der Waals surface area contributed by atoms with Crippen molar-refractivity contribution < 1.29 is 0 Å². The average Bonchev–Trinajstić information content (AvgIpc) is 1.87. The molecule has 0 aliphatic rings. The second-order valence-electron chi connectivity index (χ2n) is 3.09. The molecule has 0 saturated heterocycles. The van der Waals surface area contributed by atoms with Crippen LogP contribution >= 0.6 is 22.6 Å². The van der Waals surface area contributed by atoms with Crippen molar-refractivity contribution in [3.63, 3.8) is 0 Å². The monoisotopic (exact) mass is 265 g/mol. The van der Waals surface area contributed by atoms with Gasteiger partial charge in [0.2, 0.25) is 0 Å². The molecule has 0 amide bonds. The quantitative estimate of drug-likeness (QED) is 0.327. The molecule has 0 aromatic heterocycles. The van der Waals surface area contributed by atoms with Crippen LogP contribution in [0.4, 0.5) is 0 Å². The Kier molecular flexibility index (Phi) is 4.48. The molecule has 3 nitrogen and oxygen atoms in total. The van der Waals surface area contributed by atoms with Gasteiger partial charge in [0.15, 0.2) is 5.84 Å². The van der Waals surface area contributed by atoms with Crippen LogP contribution in [0.25, 0.3) is 0 Å². The summed E-state index contributed by atoms with van der Waals surface area (Å²) in [5.41, 5.74) is 6.71. The second-order valence-corrected chi connectivity index (χ2v) is 3.81. The molecule has 62 valence electrons. The minimum absolute atomic E-state index is 0.141. The maximum Gasteiger partial charge on any atom is 0.155 e. The van der Waals surface area contributed by atoms with E-state index in [9.17, 15) is 0 Å². The summed E-state index contributed by atoms with van der Waals surface area (Å²) in [6.45, 7) is 5.93. The fraction of sp³-hybridized carbons (Fsp3) is 0.571. The van der Waals surface area contributed by atoms with Gasteiger partial charge in [-0.25, -0.2) is 10.5 Å². The van der Waals surface area contributed by atoms with Gasteiger partial charge in [-0.2, -0.15) is 0 Å². The first-order valence-corrected chi connectivity index (χ1v) is 4.48. The summed E-state index contributed by atoms with van der Waals surface area (Å²) < 4.78 is 1.79. The smallest absolute Gasteiger partial charge is 0.155 e. The van der Waals surface area contributed by atoms with Gasteiger partial charge in [-0.05, 0) is 4.08 Å². The molecule has 0 radical (unpaired) electrons. The lowest BCUT2D eigenvalue weighted by atomic mass is 9.95. The fourth-order valence-corrected chi connectivity index (χ4v) is 0.650. The lowest BCUT2D eigenvalue weighted by molar-refractivity contribution is 0.580. The molecule has 0 fully saturated rings. The number of halogens is 1. The zero-order valence-corrected chi connectivity index (χ0v) is 9.08. The van der Waals surface area contributed by atoms with Crippen molar-refractivity contribution in [2.24, 2.45) is 15.5 Å². The Balaban J connectivity index is 4.53. The van der Waals surface area contributed by atoms with Crippen LogP contribution in [-0.4, -0.2) is 5.84 Å². The molecule has 0 heterocycles. The summed E-state index contributed by atoms with van der Waals surface area (Å²) in [6, 6.07) is 0. The number of amidine groups is 1. The Labute approximate surface area is 80.6 Å². The van der Waals surface area contributed by atoms with E-state index in [4.69, 9.17) is 5.53 Å². The highest BCUT2D eigenvalue weighted by molar-refractivity contribution is 14.1. The first-order valence-electron chi connectivity index (χ1n) is 3.23. The van der Waals surface area contributed by atoms with E-state index in [-0.39, 0.29) is 5.41 Å². The number of hydrogen-bond acceptors (Lipinski definition) is 2. The van der Waals surface area contributed by atoms with Crippen molar-refractivity contribution in [3.8, 4) is 0 Å². The Hall–Kier alpha value is -0.260. The summed E-state index contributed by atoms with van der Waals surface area (Å²) in [6.07, 6.45) is 1.64. The molecule has 0 saturated carbocycles. The molecule has 0 spiro atoms. The number of hydrogen-bond donors (Lipinski definition) is 1. The van der Waals surface area contributed by atoms with Gasteiger partial charge in [0.1, 0.15) is 0 Å². The third-order valence-corrected chi connectivity index (χ3v) is 1.35. The van der Waals surface area contributed by atoms with E-state index in [0.717, 1.165) is 0 Å². The lowest BCUT2D eigenvalue weighted by Crippen LogP contribution is -2.17. The van der Waals surface area contributed by atoms with Gasteiger partial charge in [0.25, 0.3) is 0 Å². The maximum atomic E-state index is 6.85. The van der Waals surface area contributed by atoms with Gasteiger partial charge < -0.3 is 0 Å². The highest BCUT2D eigenvalue weighted by atomic mass is 127. The minimum atomic E-state index is -0.141. The van der Waals surface area contributed by atoms with E-state index in [1.807, 2.05) is 20.8 Å². The Morgan fingerprint density at radius 1 is 1.45 bits per heavy atom. The lowest BCUT2D eigenvalue weighted by Gasteiger charge is -2.14. The third-order valence-electron chi connectivity index (χ3n) is 1.03. The standard InChI is InChI=1S/C7H12IN3/c1-7(2,3)6(11-9)10-5-4-8/h4-5,9H,1-3H3/b5-4-,10-6?,11-9?. The van der Waals surface area contributed by atoms with Gasteiger partial charge in [-0.15, -0.1) is 5.11 Å². The highest BCUT2D eigenvalue weighted by Crippen LogP contribution is 2.16. The van der Waals surface area contributed by atoms with Crippen LogP contribution in [0.2, 0.25) is 0 Å². The van der Waals surface area contributed by atoms with Crippen molar-refractivity contribution in [1.82, 2.24) is 0 Å². The van der Waals surface area contributed by atoms with E-state index in [1.54, 1.807) is 10.3 Å². The third kappa shape index (κ3) is 4.23. The fourth-order valence-electron chi connectivity index (χ4n) is 0.489. The van der Waals surface area contributed by atoms with Crippen molar-refractivity contribution >= 4 is 28.4 Å². The van der Waals surface area contributed by atoms with Gasteiger partial charge in [0, 0.05) is 11.6 Å². The van der Waals surface area contributed by atoms with Crippen molar-refractivity contribution in [3.05, 3.63) is 10.3 Å². The number of rotatable bonds is 1. The summed E-state index contributed by atoms with van der Waals surface area (Å²) in [7, 11) is 0. The molecule has 0 aliphatic heterocycles. The van der Waals surface area contributed by atoms with Crippen LogP contribution < -0.4 is 0 Å². The van der Waals surface area contributed by atoms with Crippen LogP contribution in [-0.2, 0) is 0 Å². The molecule has 0 aromatic carbocycles. The molecule has 0 unspecified atom stereocenters. The SMILES string of the molecule is CC(C)(C)C(N=N)=N/C=C\I. The van der Waals surface area contributed by atoms with Crippen LogP contribution in [0.1, 0.15) is 20.8 Å². The van der Waals surface area contributed by atoms with Gasteiger partial charge in [0.05, 0.1) is 0 Å². The van der Waals surface area contributed by atoms with Crippen molar-refractivity contribution in [2.75, 3.05) is 0 Å². The highest BCUT2D eigenvalue weighted by Gasteiger charge is 2.17. The molecule has 11 heavy (non-hydrogen) atoms. The summed E-state index contributed by atoms with van der Waals surface area (Å²) >= 11 is 2.07. The molecule has 0 aromatic rings. The normalized spacial score (nSPS) is 14.0. The van der Waals surface area contributed by atoms with Crippen LogP contribution in [0, 0.1) is 10.9 Å². The van der Waals surface area contributed by atoms with Gasteiger partial charge in [-0.3, -0.25) is 0 Å².